The first-order valence-corrected chi connectivity index (χ1v) is 11.4. The Morgan fingerprint density at radius 2 is 1.86 bits per heavy atom. The van der Waals surface area contributed by atoms with Gasteiger partial charge < -0.3 is 10.1 Å². The lowest BCUT2D eigenvalue weighted by molar-refractivity contribution is -0.118. The molecule has 0 atom stereocenters. The average Bonchev–Trinajstić information content (AvgIpc) is 3.43. The molecule has 5 aromatic rings. The molecule has 2 N–H and O–H groups in total. The van der Waals surface area contributed by atoms with Gasteiger partial charge in [-0.15, -0.1) is 0 Å². The number of ether oxygens (including phenoxy) is 1. The van der Waals surface area contributed by atoms with Gasteiger partial charge in [-0.25, -0.2) is 4.68 Å². The molecule has 1 amide bonds. The van der Waals surface area contributed by atoms with Crippen molar-refractivity contribution in [2.45, 2.75) is 27.7 Å². The van der Waals surface area contributed by atoms with Gasteiger partial charge in [0.15, 0.2) is 12.3 Å². The summed E-state index contributed by atoms with van der Waals surface area (Å²) in [5.74, 6) is 0.737. The van der Waals surface area contributed by atoms with Crippen LogP contribution in [0.2, 0.25) is 0 Å². The van der Waals surface area contributed by atoms with Crippen LogP contribution in [0.1, 0.15) is 22.4 Å². The van der Waals surface area contributed by atoms with Crippen LogP contribution in [0.25, 0.3) is 22.7 Å². The summed E-state index contributed by atoms with van der Waals surface area (Å²) in [5.41, 5.74) is 4.65. The Hall–Kier alpha value is -4.73. The fourth-order valence-corrected chi connectivity index (χ4v) is 3.93. The van der Waals surface area contributed by atoms with Crippen molar-refractivity contribution in [3.8, 4) is 17.4 Å². The Bertz CT molecular complexity index is 1660. The summed E-state index contributed by atoms with van der Waals surface area (Å²) in [6, 6.07) is 15.0. The third-order valence-electron chi connectivity index (χ3n) is 5.89. The highest BCUT2D eigenvalue weighted by Gasteiger charge is 2.18. The summed E-state index contributed by atoms with van der Waals surface area (Å²) >= 11 is 0. The number of carbonyl (C=O) groups is 1. The summed E-state index contributed by atoms with van der Waals surface area (Å²) in [7, 11) is 0. The summed E-state index contributed by atoms with van der Waals surface area (Å²) in [4.78, 5) is 32.9. The van der Waals surface area contributed by atoms with Crippen molar-refractivity contribution in [3.05, 3.63) is 87.5 Å². The number of benzene rings is 2. The van der Waals surface area contributed by atoms with E-state index in [1.165, 1.54) is 10.9 Å². The molecule has 2 aromatic carbocycles. The second kappa shape index (κ2) is 9.14. The van der Waals surface area contributed by atoms with Gasteiger partial charge in [-0.1, -0.05) is 24.3 Å². The molecule has 10 nitrogen and oxygen atoms in total. The Balaban J connectivity index is 1.48. The first-order chi connectivity index (χ1) is 17.3. The van der Waals surface area contributed by atoms with Crippen LogP contribution >= 0.6 is 0 Å². The highest BCUT2D eigenvalue weighted by atomic mass is 16.5. The van der Waals surface area contributed by atoms with Crippen LogP contribution in [0.4, 0.5) is 5.82 Å². The number of H-pyrrole nitrogens is 1. The monoisotopic (exact) mass is 483 g/mol. The molecule has 0 saturated carbocycles. The van der Waals surface area contributed by atoms with Crippen molar-refractivity contribution in [2.24, 2.45) is 0 Å². The molecule has 0 bridgehead atoms. The zero-order chi connectivity index (χ0) is 25.4. The highest BCUT2D eigenvalue weighted by Crippen LogP contribution is 2.21. The van der Waals surface area contributed by atoms with Crippen LogP contribution in [-0.2, 0) is 4.79 Å². The van der Waals surface area contributed by atoms with Gasteiger partial charge in [-0.3, -0.25) is 14.6 Å². The SMILES string of the molecule is Cc1cccc(OCC(=O)Nc2cc(C)nn2-c2nc3c(cnn3-c3cccc(C)c3C)c(=O)[nH]2)c1. The predicted molar refractivity (Wildman–Crippen MR) is 136 cm³/mol. The lowest BCUT2D eigenvalue weighted by Crippen LogP contribution is -2.23. The quantitative estimate of drug-likeness (QED) is 0.381. The summed E-state index contributed by atoms with van der Waals surface area (Å²) in [6.07, 6.45) is 1.49. The van der Waals surface area contributed by atoms with Crippen LogP contribution in [0.5, 0.6) is 5.75 Å². The number of nitrogens with zero attached hydrogens (tertiary/aromatic N) is 5. The van der Waals surface area contributed by atoms with Crippen LogP contribution < -0.4 is 15.6 Å². The molecular weight excluding hydrogens is 458 g/mol. The number of rotatable bonds is 6. The van der Waals surface area contributed by atoms with E-state index in [9.17, 15) is 9.59 Å². The molecule has 5 rings (SSSR count). The molecule has 0 aliphatic rings. The Morgan fingerprint density at radius 3 is 2.67 bits per heavy atom. The number of fused-ring (bicyclic) bond motifs is 1. The van der Waals surface area contributed by atoms with Gasteiger partial charge >= 0.3 is 0 Å². The summed E-state index contributed by atoms with van der Waals surface area (Å²) in [6.45, 7) is 7.56. The van der Waals surface area contributed by atoms with Gasteiger partial charge in [0, 0.05) is 6.07 Å². The predicted octanol–water partition coefficient (Wildman–Crippen LogP) is 3.55. The van der Waals surface area contributed by atoms with Crippen molar-refractivity contribution in [3.63, 3.8) is 0 Å². The molecule has 0 aliphatic heterocycles. The number of aryl methyl sites for hydroxylation is 3. The number of nitrogens with one attached hydrogen (secondary N) is 2. The van der Waals surface area contributed by atoms with Gasteiger partial charge in [0.25, 0.3) is 11.5 Å². The molecule has 36 heavy (non-hydrogen) atoms. The van der Waals surface area contributed by atoms with Gasteiger partial charge in [0.05, 0.1) is 17.6 Å². The number of anilines is 1. The molecule has 0 spiro atoms. The molecular formula is C26H25N7O3. The topological polar surface area (TPSA) is 120 Å². The van der Waals surface area contributed by atoms with Gasteiger partial charge in [0.2, 0.25) is 5.95 Å². The Labute approximate surface area is 206 Å². The van der Waals surface area contributed by atoms with Crippen molar-refractivity contribution in [1.82, 2.24) is 29.5 Å². The van der Waals surface area contributed by atoms with E-state index in [1.807, 2.05) is 57.2 Å². The van der Waals surface area contributed by atoms with E-state index in [4.69, 9.17) is 4.74 Å². The lowest BCUT2D eigenvalue weighted by Gasteiger charge is -2.11. The molecule has 10 heteroatoms. The maximum atomic E-state index is 12.9. The minimum Gasteiger partial charge on any atom is -0.484 e. The number of carbonyl (C=O) groups excluding carboxylic acids is 1. The summed E-state index contributed by atoms with van der Waals surface area (Å²) in [5, 5.41) is 12.0. The minimum atomic E-state index is -0.374. The van der Waals surface area contributed by atoms with E-state index < -0.39 is 0 Å². The first-order valence-electron chi connectivity index (χ1n) is 11.4. The van der Waals surface area contributed by atoms with Crippen LogP contribution in [-0.4, -0.2) is 42.0 Å². The van der Waals surface area contributed by atoms with Gasteiger partial charge in [0.1, 0.15) is 17.0 Å². The number of aromatic nitrogens is 6. The zero-order valence-electron chi connectivity index (χ0n) is 20.4. The first kappa shape index (κ1) is 23.0. The number of hydrogen-bond acceptors (Lipinski definition) is 6. The fourth-order valence-electron chi connectivity index (χ4n) is 3.93. The van der Waals surface area contributed by atoms with Gasteiger partial charge in [-0.05, 0) is 62.6 Å². The number of hydrogen-bond donors (Lipinski definition) is 2. The minimum absolute atomic E-state index is 0.155. The normalized spacial score (nSPS) is 11.1. The molecule has 0 radical (unpaired) electrons. The second-order valence-corrected chi connectivity index (χ2v) is 8.64. The van der Waals surface area contributed by atoms with E-state index in [0.717, 1.165) is 22.4 Å². The standard InChI is InChI=1S/C26H25N7O3/c1-15-7-5-9-19(11-15)36-14-23(34)28-22-12-17(3)31-33(22)26-29-24-20(25(35)30-26)13-27-32(24)21-10-6-8-16(2)18(21)4/h5-13H,14H2,1-4H3,(H,28,34)(H,29,30,35). The number of aromatic amines is 1. The molecule has 3 heterocycles. The molecule has 0 unspecified atom stereocenters. The van der Waals surface area contributed by atoms with Crippen molar-refractivity contribution < 1.29 is 9.53 Å². The third kappa shape index (κ3) is 4.36. The van der Waals surface area contributed by atoms with Crippen LogP contribution in [0.3, 0.4) is 0 Å². The second-order valence-electron chi connectivity index (χ2n) is 8.64. The van der Waals surface area contributed by atoms with E-state index in [2.05, 4.69) is 25.5 Å². The van der Waals surface area contributed by atoms with Crippen molar-refractivity contribution in [1.29, 1.82) is 0 Å². The average molecular weight is 484 g/mol. The zero-order valence-corrected chi connectivity index (χ0v) is 20.4. The molecule has 0 aliphatic carbocycles. The summed E-state index contributed by atoms with van der Waals surface area (Å²) < 4.78 is 8.63. The Morgan fingerprint density at radius 1 is 1.06 bits per heavy atom. The van der Waals surface area contributed by atoms with Crippen molar-refractivity contribution in [2.75, 3.05) is 11.9 Å². The number of amides is 1. The smallest absolute Gasteiger partial charge is 0.263 e. The van der Waals surface area contributed by atoms with E-state index in [0.29, 0.717) is 28.3 Å². The molecule has 0 fully saturated rings. The molecule has 182 valence electrons. The van der Waals surface area contributed by atoms with E-state index in [-0.39, 0.29) is 24.0 Å². The van der Waals surface area contributed by atoms with Gasteiger partial charge in [-0.2, -0.15) is 19.9 Å². The van der Waals surface area contributed by atoms with E-state index >= 15 is 0 Å². The largest absolute Gasteiger partial charge is 0.484 e. The lowest BCUT2D eigenvalue weighted by atomic mass is 10.1. The maximum Gasteiger partial charge on any atom is 0.263 e. The Kier molecular flexibility index (Phi) is 5.85. The molecule has 3 aromatic heterocycles. The van der Waals surface area contributed by atoms with Crippen LogP contribution in [0.15, 0.2) is 59.5 Å². The fraction of sp³-hybridized carbons (Fsp3) is 0.192. The molecule has 0 saturated heterocycles. The third-order valence-corrected chi connectivity index (χ3v) is 5.89. The van der Waals surface area contributed by atoms with E-state index in [1.54, 1.807) is 23.7 Å². The highest BCUT2D eigenvalue weighted by molar-refractivity contribution is 5.91. The maximum absolute atomic E-state index is 12.9. The van der Waals surface area contributed by atoms with Crippen molar-refractivity contribution >= 4 is 22.8 Å². The van der Waals surface area contributed by atoms with Crippen LogP contribution in [0, 0.1) is 27.7 Å².